The van der Waals surface area contributed by atoms with Crippen molar-refractivity contribution in [2.24, 2.45) is 10.9 Å². The summed E-state index contributed by atoms with van der Waals surface area (Å²) < 4.78 is 39.0. The van der Waals surface area contributed by atoms with E-state index in [4.69, 9.17) is 0 Å². The van der Waals surface area contributed by atoms with Crippen molar-refractivity contribution in [1.82, 2.24) is 4.90 Å². The number of benzene rings is 1. The van der Waals surface area contributed by atoms with Gasteiger partial charge in [0.25, 0.3) is 0 Å². The summed E-state index contributed by atoms with van der Waals surface area (Å²) in [5.74, 6) is 0.634. The molecule has 1 aliphatic carbocycles. The molecule has 3 atom stereocenters. The van der Waals surface area contributed by atoms with Gasteiger partial charge in [-0.05, 0) is 62.7 Å². The number of hydrogen-bond acceptors (Lipinski definition) is 2. The van der Waals surface area contributed by atoms with E-state index >= 15 is 0 Å². The van der Waals surface area contributed by atoms with Crippen LogP contribution in [0.2, 0.25) is 0 Å². The van der Waals surface area contributed by atoms with Gasteiger partial charge in [-0.3, -0.25) is 4.90 Å². The average molecular weight is 338 g/mol. The first-order valence-electron chi connectivity index (χ1n) is 8.82. The van der Waals surface area contributed by atoms with Crippen LogP contribution < -0.4 is 0 Å². The van der Waals surface area contributed by atoms with Crippen molar-refractivity contribution in [2.45, 2.75) is 50.2 Å². The maximum Gasteiger partial charge on any atom is 0.416 e. The number of nitrogens with zero attached hydrogens (tertiary/aromatic N) is 2. The molecule has 1 saturated carbocycles. The van der Waals surface area contributed by atoms with Crippen LogP contribution in [0, 0.1) is 5.92 Å². The molecule has 2 nitrogen and oxygen atoms in total. The molecule has 1 aliphatic heterocycles. The van der Waals surface area contributed by atoms with Crippen molar-refractivity contribution in [3.05, 3.63) is 35.4 Å². The maximum atomic E-state index is 13.0. The lowest BCUT2D eigenvalue weighted by Gasteiger charge is -2.40. The van der Waals surface area contributed by atoms with Crippen LogP contribution in [0.1, 0.15) is 49.1 Å². The third kappa shape index (κ3) is 3.82. The number of aliphatic imine (C=N–C) groups is 1. The van der Waals surface area contributed by atoms with E-state index in [1.165, 1.54) is 18.9 Å². The Morgan fingerprint density at radius 1 is 1.17 bits per heavy atom. The van der Waals surface area contributed by atoms with E-state index in [9.17, 15) is 13.2 Å². The Hall–Kier alpha value is -1.36. The third-order valence-electron chi connectivity index (χ3n) is 5.50. The highest BCUT2D eigenvalue weighted by Crippen LogP contribution is 2.40. The molecule has 1 aromatic carbocycles. The predicted octanol–water partition coefficient (Wildman–Crippen LogP) is 4.75. The standard InChI is InChI=1S/C19H25F3N2/c1-23-13-16-8-7-15(12-18(16)24-9-2-3-10-24)14-5-4-6-17(11-14)19(20,21)22/h4-6,11,13,15-16,18H,2-3,7-10,12H2,1H3/t15-,16?,18-/m0/s1. The van der Waals surface area contributed by atoms with Crippen molar-refractivity contribution >= 4 is 6.21 Å². The Balaban J connectivity index is 1.80. The Labute approximate surface area is 141 Å². The molecule has 0 amide bonds. The third-order valence-corrected chi connectivity index (χ3v) is 5.50. The summed E-state index contributed by atoms with van der Waals surface area (Å²) in [7, 11) is 1.81. The largest absolute Gasteiger partial charge is 0.416 e. The van der Waals surface area contributed by atoms with Gasteiger partial charge in [0.2, 0.25) is 0 Å². The van der Waals surface area contributed by atoms with Gasteiger partial charge < -0.3 is 4.99 Å². The minimum absolute atomic E-state index is 0.208. The van der Waals surface area contributed by atoms with E-state index in [-0.39, 0.29) is 5.92 Å². The summed E-state index contributed by atoms with van der Waals surface area (Å²) in [4.78, 5) is 6.74. The van der Waals surface area contributed by atoms with Gasteiger partial charge >= 0.3 is 6.18 Å². The molecule has 0 radical (unpaired) electrons. The molecule has 1 heterocycles. The van der Waals surface area contributed by atoms with Crippen LogP contribution in [-0.2, 0) is 6.18 Å². The fourth-order valence-electron chi connectivity index (χ4n) is 4.30. The number of likely N-dealkylation sites (tertiary alicyclic amines) is 1. The Morgan fingerprint density at radius 3 is 2.58 bits per heavy atom. The van der Waals surface area contributed by atoms with Crippen LogP contribution >= 0.6 is 0 Å². The summed E-state index contributed by atoms with van der Waals surface area (Å²) in [5, 5.41) is 0. The second kappa shape index (κ2) is 7.26. The number of alkyl halides is 3. The first-order valence-corrected chi connectivity index (χ1v) is 8.82. The van der Waals surface area contributed by atoms with Crippen LogP contribution in [0.5, 0.6) is 0 Å². The van der Waals surface area contributed by atoms with Crippen molar-refractivity contribution < 1.29 is 13.2 Å². The fourth-order valence-corrected chi connectivity index (χ4v) is 4.30. The van der Waals surface area contributed by atoms with Gasteiger partial charge in [-0.15, -0.1) is 0 Å². The highest BCUT2D eigenvalue weighted by atomic mass is 19.4. The molecule has 2 fully saturated rings. The van der Waals surface area contributed by atoms with Crippen LogP contribution in [0.3, 0.4) is 0 Å². The van der Waals surface area contributed by atoms with Gasteiger partial charge in [-0.2, -0.15) is 13.2 Å². The minimum Gasteiger partial charge on any atom is -0.301 e. The highest BCUT2D eigenvalue weighted by molar-refractivity contribution is 5.62. The average Bonchev–Trinajstić information content (AvgIpc) is 3.09. The summed E-state index contributed by atoms with van der Waals surface area (Å²) >= 11 is 0. The van der Waals surface area contributed by atoms with E-state index in [0.717, 1.165) is 44.0 Å². The molecule has 0 spiro atoms. The molecule has 0 aromatic heterocycles. The van der Waals surface area contributed by atoms with Gasteiger partial charge in [0.1, 0.15) is 0 Å². The maximum absolute atomic E-state index is 13.0. The second-order valence-corrected chi connectivity index (χ2v) is 7.01. The number of hydrogen-bond donors (Lipinski definition) is 0. The number of halogens is 3. The molecule has 1 saturated heterocycles. The smallest absolute Gasteiger partial charge is 0.301 e. The first-order chi connectivity index (χ1) is 11.5. The summed E-state index contributed by atoms with van der Waals surface area (Å²) in [5.41, 5.74) is 0.302. The molecule has 1 unspecified atom stereocenters. The SMILES string of the molecule is CN=CC1CC[C@H](c2cccc(C(F)(F)F)c2)C[C@@H]1N1CCCC1. The molecule has 24 heavy (non-hydrogen) atoms. The summed E-state index contributed by atoms with van der Waals surface area (Å²) in [6.07, 6.45) is 3.09. The molecule has 2 aliphatic rings. The number of rotatable bonds is 3. The molecule has 0 bridgehead atoms. The van der Waals surface area contributed by atoms with Crippen molar-refractivity contribution in [3.63, 3.8) is 0 Å². The van der Waals surface area contributed by atoms with Crippen LogP contribution in [0.15, 0.2) is 29.3 Å². The van der Waals surface area contributed by atoms with E-state index in [2.05, 4.69) is 9.89 Å². The van der Waals surface area contributed by atoms with Gasteiger partial charge in [-0.1, -0.05) is 18.2 Å². The molecule has 0 N–H and O–H groups in total. The zero-order chi connectivity index (χ0) is 17.2. The lowest BCUT2D eigenvalue weighted by Crippen LogP contribution is -2.43. The molecule has 3 rings (SSSR count). The quantitative estimate of drug-likeness (QED) is 0.726. The van der Waals surface area contributed by atoms with E-state index in [0.29, 0.717) is 12.0 Å². The van der Waals surface area contributed by atoms with Gasteiger partial charge in [0.15, 0.2) is 0 Å². The minimum atomic E-state index is -4.27. The lowest BCUT2D eigenvalue weighted by atomic mass is 9.75. The van der Waals surface area contributed by atoms with Crippen LogP contribution in [0.25, 0.3) is 0 Å². The normalized spacial score (nSPS) is 29.4. The van der Waals surface area contributed by atoms with Crippen molar-refractivity contribution in [3.8, 4) is 0 Å². The van der Waals surface area contributed by atoms with Crippen molar-refractivity contribution in [2.75, 3.05) is 20.1 Å². The zero-order valence-corrected chi connectivity index (χ0v) is 14.1. The first kappa shape index (κ1) is 17.5. The Bertz CT molecular complexity index is 576. The topological polar surface area (TPSA) is 15.6 Å². The van der Waals surface area contributed by atoms with Gasteiger partial charge in [0.05, 0.1) is 5.56 Å². The Kier molecular flexibility index (Phi) is 5.28. The fraction of sp³-hybridized carbons (Fsp3) is 0.632. The van der Waals surface area contributed by atoms with Gasteiger partial charge in [0, 0.05) is 25.2 Å². The Morgan fingerprint density at radius 2 is 1.92 bits per heavy atom. The molecule has 1 aromatic rings. The molecular formula is C19H25F3N2. The molecular weight excluding hydrogens is 313 g/mol. The lowest BCUT2D eigenvalue weighted by molar-refractivity contribution is -0.137. The summed E-state index contributed by atoms with van der Waals surface area (Å²) in [6, 6.07) is 6.32. The zero-order valence-electron chi connectivity index (χ0n) is 14.1. The van der Waals surface area contributed by atoms with Gasteiger partial charge in [-0.25, -0.2) is 0 Å². The monoisotopic (exact) mass is 338 g/mol. The van der Waals surface area contributed by atoms with E-state index in [1.54, 1.807) is 13.1 Å². The van der Waals surface area contributed by atoms with Crippen molar-refractivity contribution in [1.29, 1.82) is 0 Å². The molecule has 132 valence electrons. The molecule has 5 heteroatoms. The summed E-state index contributed by atoms with van der Waals surface area (Å²) in [6.45, 7) is 2.21. The second-order valence-electron chi connectivity index (χ2n) is 7.01. The van der Waals surface area contributed by atoms with Crippen LogP contribution in [0.4, 0.5) is 13.2 Å². The van der Waals surface area contributed by atoms with E-state index in [1.807, 2.05) is 12.3 Å². The van der Waals surface area contributed by atoms with E-state index < -0.39 is 11.7 Å². The predicted molar refractivity (Wildman–Crippen MR) is 90.5 cm³/mol. The highest BCUT2D eigenvalue weighted by Gasteiger charge is 2.36. The van der Waals surface area contributed by atoms with Crippen LogP contribution in [-0.4, -0.2) is 37.3 Å².